The van der Waals surface area contributed by atoms with Gasteiger partial charge in [-0.1, -0.05) is 58.3 Å². The molecule has 4 heteroatoms. The molecule has 0 aromatic rings. The van der Waals surface area contributed by atoms with E-state index in [4.69, 9.17) is 10.8 Å². The van der Waals surface area contributed by atoms with E-state index in [1.54, 1.807) is 0 Å². The van der Waals surface area contributed by atoms with E-state index < -0.39 is 12.0 Å². The highest BCUT2D eigenvalue weighted by atomic mass is 17.1. The normalized spacial score (nSPS) is 14.0. The number of rotatable bonds is 10. The fourth-order valence-electron chi connectivity index (χ4n) is 1.68. The van der Waals surface area contributed by atoms with Crippen LogP contribution in [0, 0.1) is 0 Å². The Hall–Kier alpha value is -0.770. The Balaban J connectivity index is 3.21. The van der Waals surface area contributed by atoms with E-state index in [0.717, 1.165) is 12.8 Å². The molecule has 3 N–H and O–H groups in total. The Morgan fingerprint density at radius 1 is 1.12 bits per heavy atom. The Bertz CT molecular complexity index is 183. The highest BCUT2D eigenvalue weighted by Gasteiger charge is 2.18. The van der Waals surface area contributed by atoms with E-state index in [2.05, 4.69) is 11.5 Å². The van der Waals surface area contributed by atoms with Crippen molar-refractivity contribution in [1.82, 2.24) is 0 Å². The van der Waals surface area contributed by atoms with Gasteiger partial charge >= 0.3 is 5.97 Å². The van der Waals surface area contributed by atoms with Gasteiger partial charge in [-0.2, -0.15) is 0 Å². The predicted octanol–water partition coefficient (Wildman–Crippen LogP) is 1.74. The highest BCUT2D eigenvalue weighted by molar-refractivity contribution is 5.73. The van der Waals surface area contributed by atoms with Crippen LogP contribution in [0.15, 0.2) is 0 Å². The second-order valence-corrected chi connectivity index (χ2v) is 4.29. The fraction of sp³-hybridized carbons (Fsp3) is 0.917. The number of hydrogen-bond donors (Lipinski definition) is 2. The van der Waals surface area contributed by atoms with Gasteiger partial charge < -0.3 is 16.1 Å². The van der Waals surface area contributed by atoms with E-state index in [-0.39, 0.29) is 0 Å². The van der Waals surface area contributed by atoms with Gasteiger partial charge in [0.15, 0.2) is 6.04 Å². The minimum atomic E-state index is -0.627. The lowest BCUT2D eigenvalue weighted by Gasteiger charge is -2.03. The van der Waals surface area contributed by atoms with Crippen LogP contribution in [0.2, 0.25) is 0 Å². The molecule has 0 saturated heterocycles. The van der Waals surface area contributed by atoms with Gasteiger partial charge in [0, 0.05) is 0 Å². The quantitative estimate of drug-likeness (QED) is 0.260. The third kappa shape index (κ3) is 8.53. The van der Waals surface area contributed by atoms with Crippen molar-refractivity contribution in [2.24, 2.45) is 5.73 Å². The molecule has 0 bridgehead atoms. The molecule has 0 rings (SSSR count). The molecule has 0 heterocycles. The predicted molar refractivity (Wildman–Crippen MR) is 62.8 cm³/mol. The molecule has 0 fully saturated rings. The minimum absolute atomic E-state index is 0.594. The van der Waals surface area contributed by atoms with E-state index in [1.165, 1.54) is 38.5 Å². The molecule has 16 heavy (non-hydrogen) atoms. The topological polar surface area (TPSA) is 80.6 Å². The van der Waals surface area contributed by atoms with Crippen molar-refractivity contribution < 1.29 is 14.9 Å². The number of carboxylic acids is 1. The van der Waals surface area contributed by atoms with E-state index in [1.807, 2.05) is 0 Å². The Morgan fingerprint density at radius 3 is 2.12 bits per heavy atom. The molecule has 0 aliphatic heterocycles. The van der Waals surface area contributed by atoms with Crippen molar-refractivity contribution in [3.8, 4) is 0 Å². The third-order valence-corrected chi connectivity index (χ3v) is 2.77. The van der Waals surface area contributed by atoms with Crippen molar-refractivity contribution in [3.05, 3.63) is 0 Å². The minimum Gasteiger partial charge on any atom is -0.588 e. The van der Waals surface area contributed by atoms with Crippen molar-refractivity contribution in [1.29, 1.82) is 0 Å². The first-order valence-electron chi connectivity index (χ1n) is 6.33. The zero-order valence-corrected chi connectivity index (χ0v) is 10.3. The summed E-state index contributed by atoms with van der Waals surface area (Å²) in [6, 6.07) is -0.627. The second-order valence-electron chi connectivity index (χ2n) is 4.29. The van der Waals surface area contributed by atoms with E-state index in [9.17, 15) is 5.26 Å². The van der Waals surface area contributed by atoms with Crippen molar-refractivity contribution >= 4 is 5.97 Å². The summed E-state index contributed by atoms with van der Waals surface area (Å²) in [6.07, 6.45) is 10.4. The highest BCUT2D eigenvalue weighted by Crippen LogP contribution is 2.10. The van der Waals surface area contributed by atoms with Crippen LogP contribution in [0.4, 0.5) is 0 Å². The maximum Gasteiger partial charge on any atom is 0.512 e. The van der Waals surface area contributed by atoms with Crippen LogP contribution in [0.3, 0.4) is 0 Å². The molecule has 96 valence electrons. The Morgan fingerprint density at radius 2 is 1.62 bits per heavy atom. The summed E-state index contributed by atoms with van der Waals surface area (Å²) in [7, 11) is 0. The average molecular weight is 231 g/mol. The maximum atomic E-state index is 9.84. The van der Waals surface area contributed by atoms with Crippen LogP contribution in [0.1, 0.15) is 64.7 Å². The van der Waals surface area contributed by atoms with Gasteiger partial charge in [-0.25, -0.2) is 0 Å². The van der Waals surface area contributed by atoms with Crippen molar-refractivity contribution in [2.75, 3.05) is 0 Å². The van der Waals surface area contributed by atoms with Gasteiger partial charge in [-0.3, -0.25) is 4.58 Å². The van der Waals surface area contributed by atoms with Crippen LogP contribution in [-0.2, 0) is 4.58 Å². The molecule has 0 saturated carbocycles. The molecule has 0 spiro atoms. The molecule has 1 atom stereocenters. The summed E-state index contributed by atoms with van der Waals surface area (Å²) in [5.74, 6) is -0.594. The lowest BCUT2D eigenvalue weighted by molar-refractivity contribution is -1.05. The molecule has 0 aliphatic rings. The van der Waals surface area contributed by atoms with Gasteiger partial charge in [0.25, 0.3) is 0 Å². The number of carboxylic acid groups (broad SMARTS) is 1. The van der Waals surface area contributed by atoms with Gasteiger partial charge in [0.2, 0.25) is 0 Å². The van der Waals surface area contributed by atoms with Crippen LogP contribution in [0.25, 0.3) is 0 Å². The van der Waals surface area contributed by atoms with Crippen molar-refractivity contribution in [2.45, 2.75) is 70.8 Å². The van der Waals surface area contributed by atoms with Gasteiger partial charge in [0.1, 0.15) is 0 Å². The zero-order valence-electron chi connectivity index (χ0n) is 10.3. The van der Waals surface area contributed by atoms with Crippen LogP contribution >= 0.6 is 0 Å². The van der Waals surface area contributed by atoms with E-state index in [0.29, 0.717) is 6.42 Å². The van der Waals surface area contributed by atoms with Crippen LogP contribution in [0.5, 0.6) is 0 Å². The molecule has 4 nitrogen and oxygen atoms in total. The summed E-state index contributed by atoms with van der Waals surface area (Å²) < 4.78 is 3.43. The SMILES string of the molecule is CCCCCCCCCCC(N)C(O)=[O+][O-]. The largest absolute Gasteiger partial charge is 0.588 e. The lowest BCUT2D eigenvalue weighted by atomic mass is 10.1. The Labute approximate surface area is 98.1 Å². The number of aliphatic hydroxyl groups excluding tert-OH is 1. The number of unbranched alkanes of at least 4 members (excludes halogenated alkanes) is 7. The fourth-order valence-corrected chi connectivity index (χ4v) is 1.68. The molecule has 1 unspecified atom stereocenters. The zero-order chi connectivity index (χ0) is 12.2. The van der Waals surface area contributed by atoms with E-state index >= 15 is 0 Å². The molecule has 0 radical (unpaired) electrons. The lowest BCUT2D eigenvalue weighted by Crippen LogP contribution is -2.33. The number of hydrogen-bond acceptors (Lipinski definition) is 2. The monoisotopic (exact) mass is 231 g/mol. The molecule has 0 aromatic carbocycles. The van der Waals surface area contributed by atoms with Gasteiger partial charge in [-0.15, -0.1) is 0 Å². The third-order valence-electron chi connectivity index (χ3n) is 2.77. The average Bonchev–Trinajstić information content (AvgIpc) is 2.31. The number of nitrogens with two attached hydrogens (primary N) is 1. The first-order chi connectivity index (χ1) is 7.72. The van der Waals surface area contributed by atoms with Crippen LogP contribution < -0.4 is 11.0 Å². The standard InChI is InChI=1S/C12H25NO3/c1-2-3-4-5-6-7-8-9-10-11(13)12(14)16-15/h11,14H,2-10,13H2,1H3. The van der Waals surface area contributed by atoms with Gasteiger partial charge in [-0.05, 0) is 6.42 Å². The maximum absolute atomic E-state index is 9.84. The summed E-state index contributed by atoms with van der Waals surface area (Å²) in [4.78, 5) is 0. The number of aliphatic carboxylic acids is 1. The molecular formula is C12H25NO3. The first kappa shape index (κ1) is 15.2. The molecule has 0 amide bonds. The molecule has 0 aliphatic carbocycles. The molecule has 0 aromatic heterocycles. The van der Waals surface area contributed by atoms with Crippen molar-refractivity contribution in [3.63, 3.8) is 0 Å². The first-order valence-corrected chi connectivity index (χ1v) is 6.33. The second kappa shape index (κ2) is 10.7. The van der Waals surface area contributed by atoms with Crippen LogP contribution in [-0.4, -0.2) is 17.1 Å². The smallest absolute Gasteiger partial charge is 0.512 e. The Kier molecular flexibility index (Phi) is 10.2. The summed E-state index contributed by atoms with van der Waals surface area (Å²) in [6.45, 7) is 2.21. The summed E-state index contributed by atoms with van der Waals surface area (Å²) in [5, 5.41) is 18.7. The summed E-state index contributed by atoms with van der Waals surface area (Å²) >= 11 is 0. The summed E-state index contributed by atoms with van der Waals surface area (Å²) in [5.41, 5.74) is 5.50. The van der Waals surface area contributed by atoms with Gasteiger partial charge in [0.05, 0.1) is 0 Å². The molecular weight excluding hydrogens is 206 g/mol.